The second-order valence-electron chi connectivity index (χ2n) is 4.05. The summed E-state index contributed by atoms with van der Waals surface area (Å²) in [6.45, 7) is 4.40. The second kappa shape index (κ2) is 5.43. The first kappa shape index (κ1) is 12.9. The Balaban J connectivity index is 2.17. The van der Waals surface area contributed by atoms with Crippen molar-refractivity contribution in [1.29, 1.82) is 5.26 Å². The molecule has 1 heterocycles. The maximum atomic E-state index is 8.88. The zero-order chi connectivity index (χ0) is 13.1. The molecule has 0 N–H and O–H groups in total. The Morgan fingerprint density at radius 1 is 1.28 bits per heavy atom. The van der Waals surface area contributed by atoms with Crippen LogP contribution in [0.3, 0.4) is 0 Å². The molecule has 92 valence electrons. The molecule has 0 saturated carbocycles. The molecule has 0 atom stereocenters. The van der Waals surface area contributed by atoms with Gasteiger partial charge in [0.25, 0.3) is 0 Å². The van der Waals surface area contributed by atoms with Gasteiger partial charge in [0.15, 0.2) is 0 Å². The highest BCUT2D eigenvalue weighted by Crippen LogP contribution is 2.27. The molecule has 2 aromatic rings. The highest BCUT2D eigenvalue weighted by molar-refractivity contribution is 7.16. The van der Waals surface area contributed by atoms with Crippen LogP contribution in [0.25, 0.3) is 0 Å². The fourth-order valence-corrected chi connectivity index (χ4v) is 2.82. The summed E-state index contributed by atoms with van der Waals surface area (Å²) in [7, 11) is 0. The molecule has 0 saturated heterocycles. The molecular weight excluding hydrogens is 266 g/mol. The molecule has 2 rings (SSSR count). The van der Waals surface area contributed by atoms with Crippen LogP contribution < -0.4 is 4.74 Å². The van der Waals surface area contributed by atoms with Gasteiger partial charge in [0, 0.05) is 4.88 Å². The van der Waals surface area contributed by atoms with Crippen molar-refractivity contribution in [3.63, 3.8) is 0 Å². The smallest absolute Gasteiger partial charge is 0.125 e. The number of halogens is 1. The number of hydrogen-bond acceptors (Lipinski definition) is 3. The third kappa shape index (κ3) is 2.84. The minimum absolute atomic E-state index is 0.505. The minimum atomic E-state index is 0.505. The lowest BCUT2D eigenvalue weighted by Gasteiger charge is -2.11. The van der Waals surface area contributed by atoms with Crippen LogP contribution in [0, 0.1) is 25.2 Å². The number of rotatable bonds is 3. The number of nitrogens with zero attached hydrogens (tertiary/aromatic N) is 1. The molecule has 0 unspecified atom stereocenters. The third-order valence-electron chi connectivity index (χ3n) is 2.58. The van der Waals surface area contributed by atoms with Gasteiger partial charge in [0.2, 0.25) is 0 Å². The van der Waals surface area contributed by atoms with Gasteiger partial charge in [-0.1, -0.05) is 11.6 Å². The van der Waals surface area contributed by atoms with Gasteiger partial charge < -0.3 is 4.74 Å². The molecule has 1 aromatic carbocycles. The van der Waals surface area contributed by atoms with Crippen LogP contribution in [0.4, 0.5) is 0 Å². The predicted octanol–water partition coefficient (Wildman–Crippen LogP) is 4.47. The minimum Gasteiger partial charge on any atom is -0.488 e. The van der Waals surface area contributed by atoms with Crippen LogP contribution in [-0.4, -0.2) is 0 Å². The summed E-state index contributed by atoms with van der Waals surface area (Å²) in [6, 6.07) is 9.64. The van der Waals surface area contributed by atoms with Crippen molar-refractivity contribution in [2.45, 2.75) is 20.5 Å². The van der Waals surface area contributed by atoms with Crippen LogP contribution in [-0.2, 0) is 6.61 Å². The number of nitriles is 1. The van der Waals surface area contributed by atoms with E-state index >= 15 is 0 Å². The Hall–Kier alpha value is -1.50. The average molecular weight is 278 g/mol. The fourth-order valence-electron chi connectivity index (χ4n) is 1.82. The van der Waals surface area contributed by atoms with Crippen molar-refractivity contribution < 1.29 is 4.74 Å². The van der Waals surface area contributed by atoms with E-state index < -0.39 is 0 Å². The molecule has 0 aliphatic rings. The average Bonchev–Trinajstić information content (AvgIpc) is 2.73. The van der Waals surface area contributed by atoms with E-state index in [4.69, 9.17) is 21.6 Å². The van der Waals surface area contributed by atoms with E-state index in [0.717, 1.165) is 26.1 Å². The first-order valence-electron chi connectivity index (χ1n) is 5.48. The van der Waals surface area contributed by atoms with Crippen molar-refractivity contribution >= 4 is 22.9 Å². The van der Waals surface area contributed by atoms with Gasteiger partial charge in [0.1, 0.15) is 12.4 Å². The molecule has 0 aliphatic carbocycles. The fraction of sp³-hybridized carbons (Fsp3) is 0.214. The SMILES string of the molecule is Cc1cc(C#N)cc(C)c1OCc1ccc(Cl)s1. The molecular formula is C14H12ClNOS. The quantitative estimate of drug-likeness (QED) is 0.829. The highest BCUT2D eigenvalue weighted by atomic mass is 35.5. The zero-order valence-electron chi connectivity index (χ0n) is 10.2. The Kier molecular flexibility index (Phi) is 3.90. The first-order chi connectivity index (χ1) is 8.60. The zero-order valence-corrected chi connectivity index (χ0v) is 11.7. The Labute approximate surface area is 115 Å². The number of ether oxygens (including phenoxy) is 1. The lowest BCUT2D eigenvalue weighted by atomic mass is 10.1. The maximum absolute atomic E-state index is 8.88. The van der Waals surface area contributed by atoms with Crippen molar-refractivity contribution in [2.75, 3.05) is 0 Å². The van der Waals surface area contributed by atoms with Gasteiger partial charge in [-0.15, -0.1) is 11.3 Å². The van der Waals surface area contributed by atoms with Gasteiger partial charge >= 0.3 is 0 Å². The second-order valence-corrected chi connectivity index (χ2v) is 5.85. The lowest BCUT2D eigenvalue weighted by Crippen LogP contribution is -1.98. The van der Waals surface area contributed by atoms with E-state index in [1.165, 1.54) is 11.3 Å². The molecule has 0 amide bonds. The summed E-state index contributed by atoms with van der Waals surface area (Å²) >= 11 is 7.39. The van der Waals surface area contributed by atoms with Crippen LogP contribution in [0.15, 0.2) is 24.3 Å². The summed E-state index contributed by atoms with van der Waals surface area (Å²) in [4.78, 5) is 1.09. The van der Waals surface area contributed by atoms with E-state index in [-0.39, 0.29) is 0 Å². The summed E-state index contributed by atoms with van der Waals surface area (Å²) < 4.78 is 6.57. The largest absolute Gasteiger partial charge is 0.488 e. The van der Waals surface area contributed by atoms with Gasteiger partial charge in [-0.05, 0) is 49.2 Å². The third-order valence-corrected chi connectivity index (χ3v) is 3.78. The number of hydrogen-bond donors (Lipinski definition) is 0. The molecule has 0 fully saturated rings. The van der Waals surface area contributed by atoms with Crippen molar-refractivity contribution in [3.05, 3.63) is 50.2 Å². The molecule has 0 radical (unpaired) electrons. The summed E-state index contributed by atoms with van der Waals surface area (Å²) in [5, 5.41) is 8.88. The van der Waals surface area contributed by atoms with Crippen LogP contribution >= 0.6 is 22.9 Å². The molecule has 1 aromatic heterocycles. The Bertz CT molecular complexity index is 589. The standard InChI is InChI=1S/C14H12ClNOS/c1-9-5-11(7-16)6-10(2)14(9)17-8-12-3-4-13(15)18-12/h3-6H,8H2,1-2H3. The van der Waals surface area contributed by atoms with Crippen LogP contribution in [0.5, 0.6) is 5.75 Å². The van der Waals surface area contributed by atoms with Gasteiger partial charge in [-0.25, -0.2) is 0 Å². The van der Waals surface area contributed by atoms with Crippen molar-refractivity contribution in [1.82, 2.24) is 0 Å². The molecule has 0 spiro atoms. The highest BCUT2D eigenvalue weighted by Gasteiger charge is 2.07. The molecule has 0 bridgehead atoms. The van der Waals surface area contributed by atoms with E-state index in [9.17, 15) is 0 Å². The summed E-state index contributed by atoms with van der Waals surface area (Å²) in [5.41, 5.74) is 2.62. The number of benzene rings is 1. The van der Waals surface area contributed by atoms with E-state index in [1.54, 1.807) is 0 Å². The number of aryl methyl sites for hydroxylation is 2. The van der Waals surface area contributed by atoms with E-state index in [0.29, 0.717) is 12.2 Å². The Morgan fingerprint density at radius 2 is 1.94 bits per heavy atom. The van der Waals surface area contributed by atoms with Crippen LogP contribution in [0.1, 0.15) is 21.6 Å². The molecule has 0 aliphatic heterocycles. The summed E-state index contributed by atoms with van der Waals surface area (Å²) in [6.07, 6.45) is 0. The Morgan fingerprint density at radius 3 is 2.44 bits per heavy atom. The molecule has 2 nitrogen and oxygen atoms in total. The summed E-state index contributed by atoms with van der Waals surface area (Å²) in [5.74, 6) is 0.846. The first-order valence-corrected chi connectivity index (χ1v) is 6.68. The van der Waals surface area contributed by atoms with Gasteiger partial charge in [0.05, 0.1) is 16.0 Å². The predicted molar refractivity (Wildman–Crippen MR) is 74.3 cm³/mol. The van der Waals surface area contributed by atoms with Gasteiger partial charge in [-0.3, -0.25) is 0 Å². The van der Waals surface area contributed by atoms with Crippen LogP contribution in [0.2, 0.25) is 4.34 Å². The normalized spacial score (nSPS) is 10.1. The molecule has 4 heteroatoms. The monoisotopic (exact) mass is 277 g/mol. The lowest BCUT2D eigenvalue weighted by molar-refractivity contribution is 0.305. The van der Waals surface area contributed by atoms with Crippen molar-refractivity contribution in [2.24, 2.45) is 0 Å². The van der Waals surface area contributed by atoms with Crippen molar-refractivity contribution in [3.8, 4) is 11.8 Å². The number of thiophene rings is 1. The van der Waals surface area contributed by atoms with E-state index in [1.807, 2.05) is 38.1 Å². The topological polar surface area (TPSA) is 33.0 Å². The van der Waals surface area contributed by atoms with Gasteiger partial charge in [-0.2, -0.15) is 5.26 Å². The molecule has 18 heavy (non-hydrogen) atoms. The van der Waals surface area contributed by atoms with E-state index in [2.05, 4.69) is 6.07 Å². The maximum Gasteiger partial charge on any atom is 0.125 e.